The van der Waals surface area contributed by atoms with Gasteiger partial charge < -0.3 is 14.6 Å². The van der Waals surface area contributed by atoms with Crippen molar-refractivity contribution in [2.24, 2.45) is 5.10 Å². The minimum Gasteiger partial charge on any atom is -0.497 e. The third-order valence-corrected chi connectivity index (χ3v) is 5.06. The van der Waals surface area contributed by atoms with Crippen LogP contribution in [0.2, 0.25) is 0 Å². The first kappa shape index (κ1) is 18.7. The van der Waals surface area contributed by atoms with Gasteiger partial charge in [-0.2, -0.15) is 5.10 Å². The smallest absolute Gasteiger partial charge is 0.337 e. The van der Waals surface area contributed by atoms with Gasteiger partial charge in [0.25, 0.3) is 0 Å². The molecule has 7 nitrogen and oxygen atoms in total. The second-order valence-electron chi connectivity index (χ2n) is 6.92. The molecule has 1 aliphatic heterocycles. The first-order chi connectivity index (χ1) is 14.1. The number of amides is 2. The van der Waals surface area contributed by atoms with E-state index in [1.807, 2.05) is 49.4 Å². The van der Waals surface area contributed by atoms with Crippen LogP contribution in [0, 0.1) is 0 Å². The number of fused-ring (bicyclic) bond motifs is 1. The molecule has 0 unspecified atom stereocenters. The number of benzene rings is 2. The summed E-state index contributed by atoms with van der Waals surface area (Å²) in [5.74, 6) is 0.749. The number of nitrogens with one attached hydrogen (secondary N) is 1. The number of hydrazone groups is 1. The van der Waals surface area contributed by atoms with Crippen LogP contribution < -0.4 is 10.1 Å². The first-order valence-corrected chi connectivity index (χ1v) is 9.37. The van der Waals surface area contributed by atoms with Crippen molar-refractivity contribution in [3.05, 3.63) is 71.6 Å². The molecule has 0 bridgehead atoms. The Morgan fingerprint density at radius 3 is 2.59 bits per heavy atom. The highest BCUT2D eigenvalue weighted by atomic mass is 16.5. The number of nitrogens with zero attached hydrogens (tertiary/aromatic N) is 3. The molecule has 0 spiro atoms. The number of methoxy groups -OCH3 is 1. The summed E-state index contributed by atoms with van der Waals surface area (Å²) in [6.45, 7) is 1.99. The summed E-state index contributed by atoms with van der Waals surface area (Å²) >= 11 is 0. The Hall–Kier alpha value is -3.61. The second-order valence-corrected chi connectivity index (χ2v) is 6.92. The van der Waals surface area contributed by atoms with Crippen molar-refractivity contribution in [2.75, 3.05) is 14.2 Å². The number of rotatable bonds is 3. The van der Waals surface area contributed by atoms with E-state index in [-0.39, 0.29) is 12.1 Å². The maximum atomic E-state index is 12.5. The lowest BCUT2D eigenvalue weighted by Crippen LogP contribution is -2.41. The molecule has 2 heterocycles. The fourth-order valence-electron chi connectivity index (χ4n) is 3.49. The van der Waals surface area contributed by atoms with E-state index < -0.39 is 0 Å². The van der Waals surface area contributed by atoms with Gasteiger partial charge in [0.15, 0.2) is 0 Å². The van der Waals surface area contributed by atoms with Crippen molar-refractivity contribution in [1.82, 2.24) is 15.5 Å². The van der Waals surface area contributed by atoms with Crippen LogP contribution in [0.5, 0.6) is 5.75 Å². The Morgan fingerprint density at radius 2 is 1.93 bits per heavy atom. The summed E-state index contributed by atoms with van der Waals surface area (Å²) < 4.78 is 10.4. The van der Waals surface area contributed by atoms with E-state index >= 15 is 0 Å². The average molecular weight is 390 g/mol. The molecule has 3 aromatic rings. The number of urea groups is 1. The molecule has 0 saturated heterocycles. The standard InChI is InChI=1S/C22H22N4O3/c1-14-10-17-8-9-19(28-3)11-20(17)21(25-26(14)22(27)23-2)16-6-4-15(5-7-16)18-12-24-29-13-18/h4-9,11-14H,10H2,1-3H3,(H,23,27)/t14-/m0/s1. The van der Waals surface area contributed by atoms with Gasteiger partial charge in [-0.25, -0.2) is 9.80 Å². The molecule has 2 aromatic carbocycles. The zero-order valence-corrected chi connectivity index (χ0v) is 16.5. The lowest BCUT2D eigenvalue weighted by atomic mass is 9.93. The van der Waals surface area contributed by atoms with E-state index in [2.05, 4.69) is 10.5 Å². The SMILES string of the molecule is CNC(=O)N1N=C(c2ccc(-c3cnoc3)cc2)c2cc(OC)ccc2C[C@@H]1C. The molecule has 0 aliphatic carbocycles. The lowest BCUT2D eigenvalue weighted by molar-refractivity contribution is 0.184. The predicted molar refractivity (Wildman–Crippen MR) is 110 cm³/mol. The molecule has 2 amide bonds. The summed E-state index contributed by atoms with van der Waals surface area (Å²) in [5, 5.41) is 12.7. The van der Waals surface area contributed by atoms with Gasteiger partial charge in [-0.3, -0.25) is 0 Å². The fraction of sp³-hybridized carbons (Fsp3) is 0.227. The van der Waals surface area contributed by atoms with Gasteiger partial charge in [-0.1, -0.05) is 35.5 Å². The van der Waals surface area contributed by atoms with Crippen LogP contribution in [0.3, 0.4) is 0 Å². The van der Waals surface area contributed by atoms with Crippen molar-refractivity contribution >= 4 is 11.7 Å². The number of ether oxygens (including phenoxy) is 1. The molecule has 29 heavy (non-hydrogen) atoms. The molecular weight excluding hydrogens is 368 g/mol. The third-order valence-electron chi connectivity index (χ3n) is 5.06. The molecule has 1 aliphatic rings. The summed E-state index contributed by atoms with van der Waals surface area (Å²) in [5.41, 5.74) is 5.60. The summed E-state index contributed by atoms with van der Waals surface area (Å²) in [7, 11) is 3.25. The van der Waals surface area contributed by atoms with E-state index in [0.717, 1.165) is 39.3 Å². The second kappa shape index (κ2) is 7.79. The highest BCUT2D eigenvalue weighted by molar-refractivity contribution is 6.14. The first-order valence-electron chi connectivity index (χ1n) is 9.37. The number of aromatic nitrogens is 1. The number of carbonyl (C=O) groups is 1. The zero-order valence-electron chi connectivity index (χ0n) is 16.5. The van der Waals surface area contributed by atoms with E-state index in [1.54, 1.807) is 26.6 Å². The van der Waals surface area contributed by atoms with Crippen LogP contribution in [0.4, 0.5) is 4.79 Å². The largest absolute Gasteiger partial charge is 0.497 e. The van der Waals surface area contributed by atoms with Gasteiger partial charge in [0, 0.05) is 23.7 Å². The van der Waals surface area contributed by atoms with Gasteiger partial charge in [-0.05, 0) is 36.6 Å². The van der Waals surface area contributed by atoms with Gasteiger partial charge in [0.2, 0.25) is 0 Å². The third kappa shape index (κ3) is 3.59. The molecule has 0 fully saturated rings. The molecule has 4 rings (SSSR count). The minimum absolute atomic E-state index is 0.0872. The van der Waals surface area contributed by atoms with E-state index in [4.69, 9.17) is 14.4 Å². The summed E-state index contributed by atoms with van der Waals surface area (Å²) in [4.78, 5) is 12.5. The van der Waals surface area contributed by atoms with Crippen LogP contribution in [-0.2, 0) is 6.42 Å². The summed E-state index contributed by atoms with van der Waals surface area (Å²) in [6, 6.07) is 13.6. The van der Waals surface area contributed by atoms with Crippen molar-refractivity contribution < 1.29 is 14.1 Å². The average Bonchev–Trinajstić information content (AvgIpc) is 3.25. The molecule has 7 heteroatoms. The summed E-state index contributed by atoms with van der Waals surface area (Å²) in [6.07, 6.45) is 3.97. The number of hydrogen-bond acceptors (Lipinski definition) is 5. The van der Waals surface area contributed by atoms with Gasteiger partial charge in [-0.15, -0.1) is 0 Å². The Bertz CT molecular complexity index is 1040. The Morgan fingerprint density at radius 1 is 1.17 bits per heavy atom. The normalized spacial score (nSPS) is 15.9. The number of carbonyl (C=O) groups excluding carboxylic acids is 1. The van der Waals surface area contributed by atoms with Crippen LogP contribution >= 0.6 is 0 Å². The van der Waals surface area contributed by atoms with E-state index in [1.165, 1.54) is 5.01 Å². The molecule has 148 valence electrons. The van der Waals surface area contributed by atoms with Gasteiger partial charge in [0.05, 0.1) is 25.1 Å². The van der Waals surface area contributed by atoms with Gasteiger partial charge in [0.1, 0.15) is 12.0 Å². The van der Waals surface area contributed by atoms with Crippen molar-refractivity contribution in [1.29, 1.82) is 0 Å². The Kier molecular flexibility index (Phi) is 5.03. The molecule has 1 atom stereocenters. The molecule has 0 saturated carbocycles. The maximum absolute atomic E-state index is 12.5. The van der Waals surface area contributed by atoms with Crippen molar-refractivity contribution in [3.63, 3.8) is 0 Å². The van der Waals surface area contributed by atoms with E-state index in [9.17, 15) is 4.79 Å². The molecule has 0 radical (unpaired) electrons. The van der Waals surface area contributed by atoms with Crippen LogP contribution in [0.15, 0.2) is 64.5 Å². The number of hydrogen-bond donors (Lipinski definition) is 1. The zero-order chi connectivity index (χ0) is 20.4. The Labute approximate surface area is 169 Å². The molecule has 1 aromatic heterocycles. The monoisotopic (exact) mass is 390 g/mol. The predicted octanol–water partition coefficient (Wildman–Crippen LogP) is 3.69. The fourth-order valence-corrected chi connectivity index (χ4v) is 3.49. The van der Waals surface area contributed by atoms with Crippen molar-refractivity contribution in [3.8, 4) is 16.9 Å². The molecular formula is C22H22N4O3. The minimum atomic E-state index is -0.240. The van der Waals surface area contributed by atoms with Crippen LogP contribution in [-0.4, -0.2) is 42.1 Å². The maximum Gasteiger partial charge on any atom is 0.337 e. The van der Waals surface area contributed by atoms with Crippen LogP contribution in [0.25, 0.3) is 11.1 Å². The highest BCUT2D eigenvalue weighted by Crippen LogP contribution is 2.28. The van der Waals surface area contributed by atoms with E-state index in [0.29, 0.717) is 6.42 Å². The quantitative estimate of drug-likeness (QED) is 0.740. The van der Waals surface area contributed by atoms with Gasteiger partial charge >= 0.3 is 6.03 Å². The highest BCUT2D eigenvalue weighted by Gasteiger charge is 2.27. The van der Waals surface area contributed by atoms with Crippen molar-refractivity contribution in [2.45, 2.75) is 19.4 Å². The topological polar surface area (TPSA) is 80.0 Å². The van der Waals surface area contributed by atoms with Crippen LogP contribution in [0.1, 0.15) is 23.6 Å². The lowest BCUT2D eigenvalue weighted by Gasteiger charge is -2.22. The Balaban J connectivity index is 1.84. The molecule has 1 N–H and O–H groups in total.